The summed E-state index contributed by atoms with van der Waals surface area (Å²) in [5.74, 6) is 0.210. The number of aliphatic hydroxyl groups excluding tert-OH is 2. The van der Waals surface area contributed by atoms with E-state index in [0.717, 1.165) is 0 Å². The van der Waals surface area contributed by atoms with Gasteiger partial charge in [0.25, 0.3) is 0 Å². The summed E-state index contributed by atoms with van der Waals surface area (Å²) < 4.78 is 43.1. The number of ether oxygens (including phenoxy) is 2. The maximum absolute atomic E-state index is 12.6. The third-order valence-electron chi connectivity index (χ3n) is 4.44. The van der Waals surface area contributed by atoms with Gasteiger partial charge in [-0.3, -0.25) is 0 Å². The summed E-state index contributed by atoms with van der Waals surface area (Å²) in [5.41, 5.74) is -0.416. The summed E-state index contributed by atoms with van der Waals surface area (Å²) in [6.07, 6.45) is -1.33. The van der Waals surface area contributed by atoms with Crippen molar-refractivity contribution >= 4 is 10.0 Å². The van der Waals surface area contributed by atoms with E-state index in [0.29, 0.717) is 13.2 Å². The van der Waals surface area contributed by atoms with Crippen LogP contribution in [-0.4, -0.2) is 69.5 Å². The number of methoxy groups -OCH3 is 1. The monoisotopic (exact) mass is 378 g/mol. The van der Waals surface area contributed by atoms with Gasteiger partial charge < -0.3 is 24.2 Å². The Kier molecular flexibility index (Phi) is 6.57. The minimum absolute atomic E-state index is 0.0158. The molecule has 1 aromatic rings. The lowest BCUT2D eigenvalue weighted by Gasteiger charge is -2.29. The van der Waals surface area contributed by atoms with Crippen LogP contribution in [0.2, 0.25) is 0 Å². The molecule has 1 heterocycles. The van der Waals surface area contributed by atoms with Gasteiger partial charge in [0.1, 0.15) is 10.6 Å². The second kappa shape index (κ2) is 8.11. The van der Waals surface area contributed by atoms with Crippen molar-refractivity contribution in [1.29, 1.82) is 0 Å². The van der Waals surface area contributed by atoms with Gasteiger partial charge in [0.15, 0.2) is 5.76 Å². The largest absolute Gasteiger partial charge is 0.390 e. The van der Waals surface area contributed by atoms with Crippen LogP contribution in [0.15, 0.2) is 9.42 Å². The van der Waals surface area contributed by atoms with Gasteiger partial charge in [-0.15, -0.1) is 0 Å². The molecule has 1 saturated carbocycles. The summed E-state index contributed by atoms with van der Waals surface area (Å²) in [6, 6.07) is 0. The van der Waals surface area contributed by atoms with Crippen LogP contribution in [0.5, 0.6) is 0 Å². The van der Waals surface area contributed by atoms with Crippen molar-refractivity contribution in [2.75, 3.05) is 33.5 Å². The fourth-order valence-electron chi connectivity index (χ4n) is 3.17. The zero-order valence-corrected chi connectivity index (χ0v) is 15.5. The molecule has 0 aromatic carbocycles. The Labute approximate surface area is 147 Å². The molecule has 1 fully saturated rings. The van der Waals surface area contributed by atoms with Crippen molar-refractivity contribution in [2.24, 2.45) is 5.41 Å². The molecular weight excluding hydrogens is 352 g/mol. The van der Waals surface area contributed by atoms with Crippen molar-refractivity contribution in [3.05, 3.63) is 11.5 Å². The van der Waals surface area contributed by atoms with Crippen LogP contribution in [0.25, 0.3) is 0 Å². The average Bonchev–Trinajstić information content (AvgIpc) is 3.02. The minimum Gasteiger partial charge on any atom is -0.390 e. The van der Waals surface area contributed by atoms with Crippen LogP contribution in [0, 0.1) is 19.3 Å². The molecule has 0 amide bonds. The first kappa shape index (κ1) is 20.3. The lowest BCUT2D eigenvalue weighted by atomic mass is 9.87. The van der Waals surface area contributed by atoms with Gasteiger partial charge in [-0.1, -0.05) is 5.16 Å². The molecule has 25 heavy (non-hydrogen) atoms. The van der Waals surface area contributed by atoms with Gasteiger partial charge in [-0.25, -0.2) is 13.1 Å². The molecule has 1 aromatic heterocycles. The van der Waals surface area contributed by atoms with Gasteiger partial charge in [0.05, 0.1) is 32.0 Å². The van der Waals surface area contributed by atoms with Gasteiger partial charge in [0.2, 0.25) is 10.0 Å². The van der Waals surface area contributed by atoms with E-state index in [4.69, 9.17) is 14.0 Å². The number of aromatic nitrogens is 1. The average molecular weight is 378 g/mol. The summed E-state index contributed by atoms with van der Waals surface area (Å²) in [5, 5.41) is 23.5. The van der Waals surface area contributed by atoms with Crippen molar-refractivity contribution < 1.29 is 32.6 Å². The van der Waals surface area contributed by atoms with E-state index in [2.05, 4.69) is 9.88 Å². The van der Waals surface area contributed by atoms with Crippen molar-refractivity contribution in [1.82, 2.24) is 9.88 Å². The number of aryl methyl sites for hydroxylation is 2. The summed E-state index contributed by atoms with van der Waals surface area (Å²) in [6.45, 7) is 4.07. The van der Waals surface area contributed by atoms with E-state index in [1.165, 1.54) is 6.92 Å². The van der Waals surface area contributed by atoms with E-state index >= 15 is 0 Å². The van der Waals surface area contributed by atoms with E-state index in [-0.39, 0.29) is 42.3 Å². The van der Waals surface area contributed by atoms with Crippen LogP contribution in [0.4, 0.5) is 0 Å². The normalized spacial score (nSPS) is 27.1. The topological polar surface area (TPSA) is 131 Å². The molecule has 2 rings (SSSR count). The third-order valence-corrected chi connectivity index (χ3v) is 6.09. The molecular formula is C15H26N2O7S. The summed E-state index contributed by atoms with van der Waals surface area (Å²) in [7, 11) is -2.27. The quantitative estimate of drug-likeness (QED) is 0.501. The van der Waals surface area contributed by atoms with E-state index in [1.54, 1.807) is 14.0 Å². The Morgan fingerprint density at radius 2 is 1.92 bits per heavy atom. The summed E-state index contributed by atoms with van der Waals surface area (Å²) >= 11 is 0. The molecule has 144 valence electrons. The molecule has 0 saturated heterocycles. The van der Waals surface area contributed by atoms with Gasteiger partial charge in [-0.05, 0) is 26.7 Å². The van der Waals surface area contributed by atoms with Crippen molar-refractivity contribution in [3.8, 4) is 0 Å². The van der Waals surface area contributed by atoms with Crippen LogP contribution in [0.1, 0.15) is 24.3 Å². The minimum atomic E-state index is -3.82. The Bertz CT molecular complexity index is 644. The molecule has 1 unspecified atom stereocenters. The maximum atomic E-state index is 12.6. The Hall–Kier alpha value is -1.04. The van der Waals surface area contributed by atoms with E-state index in [9.17, 15) is 18.6 Å². The lowest BCUT2D eigenvalue weighted by Crippen LogP contribution is -2.40. The Morgan fingerprint density at radius 3 is 2.44 bits per heavy atom. The molecule has 3 atom stereocenters. The standard InChI is InChI=1S/C15H26N2O7S/c1-10-14(11(2)24-17-10)25(20,21)16-8-15(9-23-5-4-22-3)6-12(18)13(19)7-15/h12-13,16,18-19H,4-9H2,1-3H3/t12-,13+,15?. The molecule has 1 aliphatic carbocycles. The predicted molar refractivity (Wildman–Crippen MR) is 87.5 cm³/mol. The number of rotatable bonds is 9. The van der Waals surface area contributed by atoms with E-state index in [1.807, 2.05) is 0 Å². The number of aliphatic hydroxyl groups is 2. The Morgan fingerprint density at radius 1 is 1.28 bits per heavy atom. The van der Waals surface area contributed by atoms with Crippen LogP contribution < -0.4 is 4.72 Å². The lowest BCUT2D eigenvalue weighted by molar-refractivity contribution is 0.0132. The molecule has 0 bridgehead atoms. The highest BCUT2D eigenvalue weighted by molar-refractivity contribution is 7.89. The second-order valence-corrected chi connectivity index (χ2v) is 8.27. The molecule has 1 aliphatic rings. The molecule has 3 N–H and O–H groups in total. The van der Waals surface area contributed by atoms with Gasteiger partial charge in [-0.2, -0.15) is 0 Å². The molecule has 10 heteroatoms. The number of hydrogen-bond acceptors (Lipinski definition) is 8. The zero-order valence-electron chi connectivity index (χ0n) is 14.7. The van der Waals surface area contributed by atoms with Gasteiger partial charge >= 0.3 is 0 Å². The van der Waals surface area contributed by atoms with E-state index < -0.39 is 27.6 Å². The smallest absolute Gasteiger partial charge is 0.245 e. The highest BCUT2D eigenvalue weighted by Crippen LogP contribution is 2.39. The molecule has 9 nitrogen and oxygen atoms in total. The first-order valence-electron chi connectivity index (χ1n) is 8.06. The first-order chi connectivity index (χ1) is 11.7. The number of hydrogen-bond donors (Lipinski definition) is 3. The van der Waals surface area contributed by atoms with Crippen molar-refractivity contribution in [2.45, 2.75) is 43.8 Å². The zero-order chi connectivity index (χ0) is 18.7. The maximum Gasteiger partial charge on any atom is 0.245 e. The van der Waals surface area contributed by atoms with Crippen LogP contribution in [0.3, 0.4) is 0 Å². The highest BCUT2D eigenvalue weighted by atomic mass is 32.2. The fourth-order valence-corrected chi connectivity index (χ4v) is 4.65. The molecule has 0 radical (unpaired) electrons. The SMILES string of the molecule is COCCOCC1(CNS(=O)(=O)c2c(C)noc2C)C[C@@H](O)[C@@H](O)C1. The molecule has 0 spiro atoms. The van der Waals surface area contributed by atoms with Crippen molar-refractivity contribution in [3.63, 3.8) is 0 Å². The fraction of sp³-hybridized carbons (Fsp3) is 0.800. The van der Waals surface area contributed by atoms with Crippen LogP contribution >= 0.6 is 0 Å². The highest BCUT2D eigenvalue weighted by Gasteiger charge is 2.45. The predicted octanol–water partition coefficient (Wildman–Crippen LogP) is -0.265. The number of sulfonamides is 1. The van der Waals surface area contributed by atoms with Gasteiger partial charge in [0, 0.05) is 19.1 Å². The number of nitrogens with zero attached hydrogens (tertiary/aromatic N) is 1. The number of nitrogens with one attached hydrogen (secondary N) is 1. The Balaban J connectivity index is 2.09. The molecule has 0 aliphatic heterocycles. The second-order valence-electron chi connectivity index (χ2n) is 6.57. The van der Waals surface area contributed by atoms with Crippen LogP contribution in [-0.2, 0) is 19.5 Å². The summed E-state index contributed by atoms with van der Waals surface area (Å²) in [4.78, 5) is 0.0158. The third kappa shape index (κ3) is 4.78. The first-order valence-corrected chi connectivity index (χ1v) is 9.54.